The third-order valence-corrected chi connectivity index (χ3v) is 5.37. The van der Waals surface area contributed by atoms with Gasteiger partial charge in [0.15, 0.2) is 0 Å². The summed E-state index contributed by atoms with van der Waals surface area (Å²) in [5.74, 6) is 1.28. The molecule has 2 unspecified atom stereocenters. The molecule has 0 radical (unpaired) electrons. The highest BCUT2D eigenvalue weighted by atomic mass is 32.2. The van der Waals surface area contributed by atoms with Crippen molar-refractivity contribution < 1.29 is 4.74 Å². The number of piperidine rings is 1. The van der Waals surface area contributed by atoms with Gasteiger partial charge in [-0.1, -0.05) is 6.92 Å². The summed E-state index contributed by atoms with van der Waals surface area (Å²) >= 11 is 2.10. The first-order chi connectivity index (χ1) is 8.27. The Morgan fingerprint density at radius 1 is 1.29 bits per heavy atom. The normalized spacial score (nSPS) is 32.8. The summed E-state index contributed by atoms with van der Waals surface area (Å²) in [7, 11) is 0. The van der Waals surface area contributed by atoms with E-state index < -0.39 is 0 Å². The van der Waals surface area contributed by atoms with Crippen molar-refractivity contribution in [2.24, 2.45) is 0 Å². The van der Waals surface area contributed by atoms with E-state index in [-0.39, 0.29) is 0 Å². The molecule has 2 fully saturated rings. The van der Waals surface area contributed by atoms with Gasteiger partial charge in [-0.3, -0.25) is 4.90 Å². The van der Waals surface area contributed by atoms with Crippen LogP contribution in [0.1, 0.15) is 26.7 Å². The van der Waals surface area contributed by atoms with Gasteiger partial charge in [0.05, 0.1) is 12.7 Å². The zero-order valence-electron chi connectivity index (χ0n) is 11.2. The van der Waals surface area contributed by atoms with Gasteiger partial charge >= 0.3 is 0 Å². The zero-order valence-corrected chi connectivity index (χ0v) is 12.0. The molecule has 2 aliphatic heterocycles. The number of hydrogen-bond donors (Lipinski definition) is 1. The van der Waals surface area contributed by atoms with Crippen LogP contribution in [0.3, 0.4) is 0 Å². The summed E-state index contributed by atoms with van der Waals surface area (Å²) in [6.45, 7) is 10.2. The lowest BCUT2D eigenvalue weighted by atomic mass is 10.1. The average Bonchev–Trinajstić information content (AvgIpc) is 2.36. The van der Waals surface area contributed by atoms with E-state index in [0.29, 0.717) is 12.1 Å². The van der Waals surface area contributed by atoms with Gasteiger partial charge in [0.1, 0.15) is 0 Å². The molecule has 0 amide bonds. The Labute approximate surface area is 110 Å². The largest absolute Gasteiger partial charge is 0.377 e. The second-order valence-corrected chi connectivity index (χ2v) is 6.66. The van der Waals surface area contributed by atoms with Crippen LogP contribution in [-0.4, -0.2) is 60.8 Å². The number of hydrogen-bond acceptors (Lipinski definition) is 4. The topological polar surface area (TPSA) is 24.5 Å². The fourth-order valence-electron chi connectivity index (χ4n) is 2.61. The van der Waals surface area contributed by atoms with Crippen LogP contribution in [0.15, 0.2) is 0 Å². The fraction of sp³-hybridized carbons (Fsp3) is 1.00. The Balaban J connectivity index is 1.63. The average molecular weight is 258 g/mol. The van der Waals surface area contributed by atoms with Gasteiger partial charge in [0.2, 0.25) is 0 Å². The first-order valence-electron chi connectivity index (χ1n) is 6.95. The van der Waals surface area contributed by atoms with Gasteiger partial charge in [-0.25, -0.2) is 0 Å². The lowest BCUT2D eigenvalue weighted by Gasteiger charge is -2.37. The minimum Gasteiger partial charge on any atom is -0.377 e. The Morgan fingerprint density at radius 2 is 2.06 bits per heavy atom. The maximum Gasteiger partial charge on any atom is 0.0600 e. The third kappa shape index (κ3) is 4.12. The van der Waals surface area contributed by atoms with E-state index in [2.05, 4.69) is 35.8 Å². The molecule has 0 aromatic carbocycles. The van der Waals surface area contributed by atoms with Crippen LogP contribution in [0.4, 0.5) is 0 Å². The monoisotopic (exact) mass is 258 g/mol. The Kier molecular flexibility index (Phi) is 5.60. The van der Waals surface area contributed by atoms with Crippen molar-refractivity contribution in [1.29, 1.82) is 0 Å². The second-order valence-electron chi connectivity index (χ2n) is 5.17. The Bertz CT molecular complexity index is 221. The van der Waals surface area contributed by atoms with E-state index in [4.69, 9.17) is 4.74 Å². The van der Waals surface area contributed by atoms with Crippen molar-refractivity contribution >= 4 is 11.8 Å². The third-order valence-electron chi connectivity index (χ3n) is 4.03. The maximum absolute atomic E-state index is 5.98. The van der Waals surface area contributed by atoms with Crippen LogP contribution in [0.2, 0.25) is 0 Å². The van der Waals surface area contributed by atoms with Crippen LogP contribution in [0.25, 0.3) is 0 Å². The highest BCUT2D eigenvalue weighted by molar-refractivity contribution is 8.00. The molecule has 1 N–H and O–H groups in total. The SMILES string of the molecule is CC1SCCN(CCOC2CCNCC2)C1C. The van der Waals surface area contributed by atoms with Gasteiger partial charge in [0.25, 0.3) is 0 Å². The van der Waals surface area contributed by atoms with Crippen LogP contribution in [-0.2, 0) is 4.74 Å². The van der Waals surface area contributed by atoms with Crippen LogP contribution >= 0.6 is 11.8 Å². The number of ether oxygens (including phenoxy) is 1. The van der Waals surface area contributed by atoms with Crippen LogP contribution in [0.5, 0.6) is 0 Å². The van der Waals surface area contributed by atoms with E-state index >= 15 is 0 Å². The summed E-state index contributed by atoms with van der Waals surface area (Å²) in [6.07, 6.45) is 2.87. The number of thioether (sulfide) groups is 1. The molecule has 2 atom stereocenters. The molecule has 0 aromatic heterocycles. The van der Waals surface area contributed by atoms with Gasteiger partial charge in [-0.2, -0.15) is 11.8 Å². The lowest BCUT2D eigenvalue weighted by molar-refractivity contribution is 0.0155. The molecule has 0 spiro atoms. The van der Waals surface area contributed by atoms with Crippen molar-refractivity contribution in [2.75, 3.05) is 38.5 Å². The Hall–Kier alpha value is 0.230. The molecule has 0 aliphatic carbocycles. The predicted molar refractivity (Wildman–Crippen MR) is 74.8 cm³/mol. The number of rotatable bonds is 4. The number of nitrogens with one attached hydrogen (secondary N) is 1. The first-order valence-corrected chi connectivity index (χ1v) is 8.00. The highest BCUT2D eigenvalue weighted by Crippen LogP contribution is 2.23. The molecule has 2 rings (SSSR count). The van der Waals surface area contributed by atoms with E-state index in [1.54, 1.807) is 0 Å². The van der Waals surface area contributed by atoms with Gasteiger partial charge in [-0.05, 0) is 32.9 Å². The van der Waals surface area contributed by atoms with Crippen LogP contribution < -0.4 is 5.32 Å². The molecule has 0 bridgehead atoms. The highest BCUT2D eigenvalue weighted by Gasteiger charge is 2.24. The predicted octanol–water partition coefficient (Wildman–Crippen LogP) is 1.58. The molecule has 0 aromatic rings. The minimum atomic E-state index is 0.503. The van der Waals surface area contributed by atoms with Gasteiger partial charge in [-0.15, -0.1) is 0 Å². The fourth-order valence-corrected chi connectivity index (χ4v) is 3.77. The lowest BCUT2D eigenvalue weighted by Crippen LogP contribution is -2.46. The number of nitrogens with zero attached hydrogens (tertiary/aromatic N) is 1. The molecule has 0 saturated carbocycles. The van der Waals surface area contributed by atoms with E-state index in [9.17, 15) is 0 Å². The molecular formula is C13H26N2OS. The molecule has 100 valence electrons. The standard InChI is InChI=1S/C13H26N2OS/c1-11-12(2)17-10-8-15(11)7-9-16-13-3-5-14-6-4-13/h11-14H,3-10H2,1-2H3. The van der Waals surface area contributed by atoms with Crippen molar-refractivity contribution in [2.45, 2.75) is 44.1 Å². The second kappa shape index (κ2) is 6.98. The molecule has 17 heavy (non-hydrogen) atoms. The maximum atomic E-state index is 5.98. The summed E-state index contributed by atoms with van der Waals surface area (Å²) in [5.41, 5.74) is 0. The van der Waals surface area contributed by atoms with E-state index in [1.807, 2.05) is 0 Å². The van der Waals surface area contributed by atoms with Gasteiger partial charge in [0, 0.05) is 30.1 Å². The molecule has 3 nitrogen and oxygen atoms in total. The molecule has 4 heteroatoms. The zero-order chi connectivity index (χ0) is 12.1. The Morgan fingerprint density at radius 3 is 2.82 bits per heavy atom. The summed E-state index contributed by atoms with van der Waals surface area (Å²) in [4.78, 5) is 2.59. The van der Waals surface area contributed by atoms with Crippen molar-refractivity contribution in [3.8, 4) is 0 Å². The smallest absolute Gasteiger partial charge is 0.0600 e. The van der Waals surface area contributed by atoms with E-state index in [0.717, 1.165) is 31.5 Å². The molecule has 2 aliphatic rings. The minimum absolute atomic E-state index is 0.503. The van der Waals surface area contributed by atoms with Crippen molar-refractivity contribution in [3.63, 3.8) is 0 Å². The molecule has 2 saturated heterocycles. The summed E-state index contributed by atoms with van der Waals surface area (Å²) in [5, 5.41) is 4.14. The summed E-state index contributed by atoms with van der Waals surface area (Å²) in [6, 6.07) is 0.699. The summed E-state index contributed by atoms with van der Waals surface area (Å²) < 4.78 is 5.98. The van der Waals surface area contributed by atoms with Gasteiger partial charge < -0.3 is 10.1 Å². The first kappa shape index (κ1) is 13.7. The van der Waals surface area contributed by atoms with Crippen molar-refractivity contribution in [1.82, 2.24) is 10.2 Å². The van der Waals surface area contributed by atoms with Crippen molar-refractivity contribution in [3.05, 3.63) is 0 Å². The molecule has 2 heterocycles. The quantitative estimate of drug-likeness (QED) is 0.827. The van der Waals surface area contributed by atoms with E-state index in [1.165, 1.54) is 25.1 Å². The molecular weight excluding hydrogens is 232 g/mol. The van der Waals surface area contributed by atoms with Crippen LogP contribution in [0, 0.1) is 0 Å².